The molecule has 2 nitrogen and oxygen atoms in total. The van der Waals surface area contributed by atoms with Gasteiger partial charge in [0.2, 0.25) is 0 Å². The van der Waals surface area contributed by atoms with Crippen LogP contribution in [0, 0.1) is 0 Å². The summed E-state index contributed by atoms with van der Waals surface area (Å²) in [5.74, 6) is 0. The molecule has 2 aromatic heterocycles. The summed E-state index contributed by atoms with van der Waals surface area (Å²) >= 11 is 0. The lowest BCUT2D eigenvalue weighted by atomic mass is 10.5. The van der Waals surface area contributed by atoms with E-state index in [1.165, 1.54) is 0 Å². The van der Waals surface area contributed by atoms with Crippen LogP contribution >= 0.6 is 0 Å². The molecule has 0 aliphatic carbocycles. The van der Waals surface area contributed by atoms with Crippen LogP contribution in [0.5, 0.6) is 0 Å². The first-order valence-corrected chi connectivity index (χ1v) is 3.82. The van der Waals surface area contributed by atoms with E-state index in [-0.39, 0.29) is 32.2 Å². The van der Waals surface area contributed by atoms with Crippen molar-refractivity contribution in [3.63, 3.8) is 0 Å². The van der Waals surface area contributed by atoms with E-state index in [1.54, 1.807) is 0 Å². The topological polar surface area (TPSA) is 28.3 Å². The number of halogens is 2. The first-order valence-electron chi connectivity index (χ1n) is 3.82. The summed E-state index contributed by atoms with van der Waals surface area (Å²) in [5, 5.41) is 0. The van der Waals surface area contributed by atoms with Gasteiger partial charge in [0.25, 0.3) is 0 Å². The lowest BCUT2D eigenvalue weighted by Gasteiger charge is -1.63. The van der Waals surface area contributed by atoms with E-state index in [4.69, 9.17) is 0 Å². The van der Waals surface area contributed by atoms with Crippen molar-refractivity contribution in [1.82, 2.24) is 0 Å². The van der Waals surface area contributed by atoms with Crippen molar-refractivity contribution < 1.29 is 34.8 Å². The smallest absolute Gasteiger partial charge is 0.166 e. The number of aromatic amines is 2. The molecule has 2 aromatic rings. The van der Waals surface area contributed by atoms with Gasteiger partial charge in [0, 0.05) is 24.3 Å². The minimum atomic E-state index is 0. The zero-order valence-electron chi connectivity index (χ0n) is 7.53. The molecule has 0 saturated carbocycles. The van der Waals surface area contributed by atoms with Gasteiger partial charge in [-0.25, -0.2) is 9.97 Å². The SMILES string of the molecule is C.[Cl-].[Cl-].c1cc[nH+]cc1.c1cc[nH+]cc1. The van der Waals surface area contributed by atoms with E-state index < -0.39 is 0 Å². The molecule has 0 aliphatic heterocycles. The maximum Gasteiger partial charge on any atom is 0.166 e. The standard InChI is InChI=1S/2C5H5N.CH4.2ClH/c2*1-2-4-6-5-3-1;;;/h2*1-5H;1H4;2*1H. The zero-order valence-corrected chi connectivity index (χ0v) is 9.04. The first-order chi connectivity index (χ1) is 6.00. The van der Waals surface area contributed by atoms with Gasteiger partial charge >= 0.3 is 0 Å². The van der Waals surface area contributed by atoms with Crippen LogP contribution in [-0.4, -0.2) is 0 Å². The molecular weight excluding hydrogens is 231 g/mol. The van der Waals surface area contributed by atoms with Gasteiger partial charge in [0.15, 0.2) is 24.8 Å². The second-order valence-electron chi connectivity index (χ2n) is 2.15. The highest BCUT2D eigenvalue weighted by atomic mass is 35.5. The summed E-state index contributed by atoms with van der Waals surface area (Å²) < 4.78 is 0. The van der Waals surface area contributed by atoms with E-state index in [1.807, 2.05) is 61.2 Å². The molecule has 0 aromatic carbocycles. The Bertz CT molecular complexity index is 192. The Morgan fingerprint density at radius 2 is 0.733 bits per heavy atom. The number of aromatic nitrogens is 2. The van der Waals surface area contributed by atoms with Crippen molar-refractivity contribution in [2.24, 2.45) is 0 Å². The van der Waals surface area contributed by atoms with Crippen LogP contribution in [0.4, 0.5) is 0 Å². The van der Waals surface area contributed by atoms with Crippen LogP contribution in [0.25, 0.3) is 0 Å². The van der Waals surface area contributed by atoms with E-state index in [0.717, 1.165) is 0 Å². The van der Waals surface area contributed by atoms with Crippen LogP contribution in [0.1, 0.15) is 7.43 Å². The van der Waals surface area contributed by atoms with Gasteiger partial charge in [-0.2, -0.15) is 0 Å². The molecule has 0 unspecified atom stereocenters. The molecule has 0 saturated heterocycles. The third-order valence-electron chi connectivity index (χ3n) is 1.21. The predicted octanol–water partition coefficient (Wildman–Crippen LogP) is -4.35. The Hall–Kier alpha value is -1.12. The molecule has 84 valence electrons. The maximum absolute atomic E-state index is 2.89. The lowest BCUT2D eigenvalue weighted by Crippen LogP contribution is -3.00. The number of hydrogen-bond donors (Lipinski definition) is 0. The largest absolute Gasteiger partial charge is 1.00 e. The average molecular weight is 247 g/mol. The van der Waals surface area contributed by atoms with Crippen molar-refractivity contribution >= 4 is 0 Å². The number of hydrogen-bond acceptors (Lipinski definition) is 0. The number of rotatable bonds is 0. The van der Waals surface area contributed by atoms with Gasteiger partial charge in [-0.3, -0.25) is 0 Å². The third kappa shape index (κ3) is 12.9. The highest BCUT2D eigenvalue weighted by molar-refractivity contribution is 4.83. The minimum Gasteiger partial charge on any atom is -1.00 e. The fourth-order valence-corrected chi connectivity index (χ4v) is 0.684. The zero-order chi connectivity index (χ0) is 8.49. The van der Waals surface area contributed by atoms with Crippen LogP contribution in [0.2, 0.25) is 0 Å². The predicted molar refractivity (Wildman–Crippen MR) is 52.7 cm³/mol. The van der Waals surface area contributed by atoms with Crippen molar-refractivity contribution in [3.05, 3.63) is 61.2 Å². The Kier molecular flexibility index (Phi) is 19.9. The fraction of sp³-hybridized carbons (Fsp3) is 0.0909. The summed E-state index contributed by atoms with van der Waals surface area (Å²) in [6.45, 7) is 0. The number of H-pyrrole nitrogens is 2. The van der Waals surface area contributed by atoms with Gasteiger partial charge < -0.3 is 24.8 Å². The minimum absolute atomic E-state index is 0. The van der Waals surface area contributed by atoms with Gasteiger partial charge in [0.1, 0.15) is 0 Å². The third-order valence-corrected chi connectivity index (χ3v) is 1.21. The maximum atomic E-state index is 2.89. The molecule has 0 amide bonds. The van der Waals surface area contributed by atoms with Crippen molar-refractivity contribution in [3.8, 4) is 0 Å². The summed E-state index contributed by atoms with van der Waals surface area (Å²) in [7, 11) is 0. The molecule has 2 N–H and O–H groups in total. The Labute approximate surface area is 104 Å². The molecule has 0 radical (unpaired) electrons. The van der Waals surface area contributed by atoms with Crippen LogP contribution in [-0.2, 0) is 0 Å². The van der Waals surface area contributed by atoms with Gasteiger partial charge in [-0.15, -0.1) is 0 Å². The average Bonchev–Trinajstić information content (AvgIpc) is 2.24. The normalized spacial score (nSPS) is 6.40. The van der Waals surface area contributed by atoms with E-state index in [2.05, 4.69) is 9.97 Å². The molecule has 0 fully saturated rings. The fourth-order valence-electron chi connectivity index (χ4n) is 0.684. The molecule has 2 rings (SSSR count). The van der Waals surface area contributed by atoms with Gasteiger partial charge in [-0.05, 0) is 0 Å². The quantitative estimate of drug-likeness (QED) is 0.450. The van der Waals surface area contributed by atoms with Crippen molar-refractivity contribution in [2.45, 2.75) is 7.43 Å². The van der Waals surface area contributed by atoms with E-state index in [0.29, 0.717) is 0 Å². The van der Waals surface area contributed by atoms with Crippen molar-refractivity contribution in [1.29, 1.82) is 0 Å². The first kappa shape index (κ1) is 19.5. The molecule has 2 heterocycles. The van der Waals surface area contributed by atoms with E-state index >= 15 is 0 Å². The molecule has 0 bridgehead atoms. The van der Waals surface area contributed by atoms with Crippen molar-refractivity contribution in [2.75, 3.05) is 0 Å². The van der Waals surface area contributed by atoms with Crippen LogP contribution in [0.3, 0.4) is 0 Å². The molecule has 4 heteroatoms. The highest BCUT2D eigenvalue weighted by Crippen LogP contribution is 1.68. The number of pyridine rings is 2. The summed E-state index contributed by atoms with van der Waals surface area (Å²) in [6, 6.07) is 11.7. The van der Waals surface area contributed by atoms with Gasteiger partial charge in [0.05, 0.1) is 0 Å². The highest BCUT2D eigenvalue weighted by Gasteiger charge is 1.66. The van der Waals surface area contributed by atoms with Crippen LogP contribution in [0.15, 0.2) is 61.2 Å². The lowest BCUT2D eigenvalue weighted by molar-refractivity contribution is -0.378. The summed E-state index contributed by atoms with van der Waals surface area (Å²) in [5.41, 5.74) is 0. The second-order valence-corrected chi connectivity index (χ2v) is 2.15. The van der Waals surface area contributed by atoms with E-state index in [9.17, 15) is 0 Å². The van der Waals surface area contributed by atoms with Crippen LogP contribution < -0.4 is 34.8 Å². The Morgan fingerprint density at radius 1 is 0.467 bits per heavy atom. The molecular formula is C11H16Cl2N2. The molecule has 0 atom stereocenters. The molecule has 0 spiro atoms. The Morgan fingerprint density at radius 3 is 0.800 bits per heavy atom. The number of nitrogens with one attached hydrogen (secondary N) is 2. The monoisotopic (exact) mass is 246 g/mol. The molecule has 0 aliphatic rings. The second kappa shape index (κ2) is 15.4. The summed E-state index contributed by atoms with van der Waals surface area (Å²) in [4.78, 5) is 5.78. The van der Waals surface area contributed by atoms with Gasteiger partial charge in [-0.1, -0.05) is 19.6 Å². The molecule has 15 heavy (non-hydrogen) atoms. The Balaban J connectivity index is -0.000000160. The summed E-state index contributed by atoms with van der Waals surface area (Å²) in [6.07, 6.45) is 7.50.